The molecule has 1 fully saturated rings. The number of rotatable bonds is 4. The summed E-state index contributed by atoms with van der Waals surface area (Å²) in [7, 11) is 4.07. The third-order valence-corrected chi connectivity index (χ3v) is 3.17. The highest BCUT2D eigenvalue weighted by atomic mass is 16.3. The van der Waals surface area contributed by atoms with E-state index >= 15 is 0 Å². The van der Waals surface area contributed by atoms with Crippen molar-refractivity contribution in [2.24, 2.45) is 11.7 Å². The van der Waals surface area contributed by atoms with Crippen molar-refractivity contribution in [3.05, 3.63) is 0 Å². The average molecular weight is 201 g/mol. The predicted octanol–water partition coefficient (Wildman–Crippen LogP) is -0.764. The summed E-state index contributed by atoms with van der Waals surface area (Å²) < 4.78 is 0. The minimum atomic E-state index is -0.142. The minimum absolute atomic E-state index is 0.0612. The van der Waals surface area contributed by atoms with Crippen LogP contribution in [0, 0.1) is 5.92 Å². The molecule has 1 aliphatic rings. The van der Waals surface area contributed by atoms with Crippen LogP contribution in [0.1, 0.15) is 12.8 Å². The van der Waals surface area contributed by atoms with E-state index in [9.17, 15) is 0 Å². The molecule has 0 radical (unpaired) electrons. The van der Waals surface area contributed by atoms with Gasteiger partial charge in [-0.2, -0.15) is 0 Å². The average Bonchev–Trinajstić information content (AvgIpc) is 2.19. The van der Waals surface area contributed by atoms with Crippen LogP contribution >= 0.6 is 0 Å². The molecule has 1 rings (SSSR count). The Labute approximate surface area is 86.5 Å². The predicted molar refractivity (Wildman–Crippen MR) is 58.1 cm³/mol. The summed E-state index contributed by atoms with van der Waals surface area (Å²) in [5, 5.41) is 12.3. The zero-order valence-corrected chi connectivity index (χ0v) is 9.24. The van der Waals surface area contributed by atoms with Crippen LogP contribution in [0.4, 0.5) is 0 Å². The Morgan fingerprint density at radius 2 is 2.36 bits per heavy atom. The molecule has 4 N–H and O–H groups in total. The lowest BCUT2D eigenvalue weighted by atomic mass is 9.87. The lowest BCUT2D eigenvalue weighted by Gasteiger charge is -2.37. The maximum Gasteiger partial charge on any atom is 0.0597 e. The molecular formula is C10H23N3O. The Balaban J connectivity index is 2.50. The zero-order valence-electron chi connectivity index (χ0n) is 9.24. The van der Waals surface area contributed by atoms with Gasteiger partial charge in [-0.05, 0) is 39.4 Å². The lowest BCUT2D eigenvalue weighted by molar-refractivity contribution is 0.143. The van der Waals surface area contributed by atoms with Crippen molar-refractivity contribution < 1.29 is 5.11 Å². The summed E-state index contributed by atoms with van der Waals surface area (Å²) >= 11 is 0. The van der Waals surface area contributed by atoms with Crippen molar-refractivity contribution >= 4 is 0 Å². The van der Waals surface area contributed by atoms with Crippen LogP contribution in [0.25, 0.3) is 0 Å². The fourth-order valence-corrected chi connectivity index (χ4v) is 2.41. The van der Waals surface area contributed by atoms with Gasteiger partial charge in [0.15, 0.2) is 0 Å². The highest BCUT2D eigenvalue weighted by Gasteiger charge is 2.28. The van der Waals surface area contributed by atoms with E-state index in [-0.39, 0.29) is 18.7 Å². The highest BCUT2D eigenvalue weighted by Crippen LogP contribution is 2.19. The molecule has 4 heteroatoms. The van der Waals surface area contributed by atoms with Gasteiger partial charge in [0.05, 0.1) is 6.61 Å². The number of piperidine rings is 1. The first-order chi connectivity index (χ1) is 6.69. The maximum absolute atomic E-state index is 9.05. The molecule has 84 valence electrons. The van der Waals surface area contributed by atoms with Crippen molar-refractivity contribution in [2.75, 3.05) is 33.8 Å². The topological polar surface area (TPSA) is 61.5 Å². The van der Waals surface area contributed by atoms with Crippen LogP contribution in [0.5, 0.6) is 0 Å². The fraction of sp³-hybridized carbons (Fsp3) is 1.00. The number of aliphatic hydroxyl groups excluding tert-OH is 1. The van der Waals surface area contributed by atoms with Gasteiger partial charge >= 0.3 is 0 Å². The van der Waals surface area contributed by atoms with Crippen molar-refractivity contribution in [3.8, 4) is 0 Å². The van der Waals surface area contributed by atoms with Gasteiger partial charge in [-0.15, -0.1) is 0 Å². The van der Waals surface area contributed by atoms with Crippen molar-refractivity contribution in [3.63, 3.8) is 0 Å². The lowest BCUT2D eigenvalue weighted by Crippen LogP contribution is -2.54. The zero-order chi connectivity index (χ0) is 10.6. The molecule has 1 heterocycles. The first kappa shape index (κ1) is 11.9. The molecule has 4 nitrogen and oxygen atoms in total. The summed E-state index contributed by atoms with van der Waals surface area (Å²) in [4.78, 5) is 2.34. The SMILES string of the molecule is CNC(C(N)CO)C1CCCN(C)C1. The van der Waals surface area contributed by atoms with E-state index in [1.54, 1.807) is 0 Å². The number of likely N-dealkylation sites (N-methyl/N-ethyl adjacent to an activating group) is 1. The molecule has 0 saturated carbocycles. The largest absolute Gasteiger partial charge is 0.395 e. The van der Waals surface area contributed by atoms with E-state index in [1.165, 1.54) is 19.4 Å². The van der Waals surface area contributed by atoms with E-state index in [0.717, 1.165) is 6.54 Å². The number of aliphatic hydroxyl groups is 1. The standard InChI is InChI=1S/C10H23N3O/c1-12-10(9(11)7-14)8-4-3-5-13(2)6-8/h8-10,12,14H,3-7,11H2,1-2H3. The van der Waals surface area contributed by atoms with Crippen LogP contribution in [0.15, 0.2) is 0 Å². The van der Waals surface area contributed by atoms with E-state index in [1.807, 2.05) is 7.05 Å². The smallest absolute Gasteiger partial charge is 0.0597 e. The normalized spacial score (nSPS) is 28.7. The molecule has 14 heavy (non-hydrogen) atoms. The quantitative estimate of drug-likeness (QED) is 0.559. The van der Waals surface area contributed by atoms with E-state index < -0.39 is 0 Å². The van der Waals surface area contributed by atoms with Gasteiger partial charge in [-0.1, -0.05) is 0 Å². The van der Waals surface area contributed by atoms with Crippen molar-refractivity contribution in [1.82, 2.24) is 10.2 Å². The van der Waals surface area contributed by atoms with Gasteiger partial charge in [0.25, 0.3) is 0 Å². The van der Waals surface area contributed by atoms with Gasteiger partial charge in [-0.25, -0.2) is 0 Å². The highest BCUT2D eigenvalue weighted by molar-refractivity contribution is 4.87. The van der Waals surface area contributed by atoms with Gasteiger partial charge < -0.3 is 21.1 Å². The third kappa shape index (κ3) is 2.92. The fourth-order valence-electron chi connectivity index (χ4n) is 2.41. The first-order valence-corrected chi connectivity index (χ1v) is 5.41. The number of nitrogens with zero attached hydrogens (tertiary/aromatic N) is 1. The molecule has 1 aliphatic heterocycles. The van der Waals surface area contributed by atoms with Gasteiger partial charge in [0.2, 0.25) is 0 Å². The van der Waals surface area contributed by atoms with E-state index in [4.69, 9.17) is 10.8 Å². The van der Waals surface area contributed by atoms with Crippen molar-refractivity contribution in [1.29, 1.82) is 0 Å². The summed E-state index contributed by atoms with van der Waals surface area (Å²) in [6.45, 7) is 2.33. The first-order valence-electron chi connectivity index (χ1n) is 5.41. The monoisotopic (exact) mass is 201 g/mol. The summed E-state index contributed by atoms with van der Waals surface area (Å²) in [6, 6.07) is 0.0965. The number of nitrogens with two attached hydrogens (primary N) is 1. The summed E-state index contributed by atoms with van der Waals surface area (Å²) in [6.07, 6.45) is 2.45. The van der Waals surface area contributed by atoms with E-state index in [0.29, 0.717) is 5.92 Å². The van der Waals surface area contributed by atoms with Crippen LogP contribution in [-0.4, -0.2) is 55.9 Å². The molecule has 0 bridgehead atoms. The van der Waals surface area contributed by atoms with Crippen LogP contribution in [0.3, 0.4) is 0 Å². The Morgan fingerprint density at radius 3 is 2.86 bits per heavy atom. The maximum atomic E-state index is 9.05. The summed E-state index contributed by atoms with van der Waals surface area (Å²) in [5.41, 5.74) is 5.87. The number of likely N-dealkylation sites (tertiary alicyclic amines) is 1. The van der Waals surface area contributed by atoms with Crippen molar-refractivity contribution in [2.45, 2.75) is 24.9 Å². The molecule has 0 aromatic rings. The number of hydrogen-bond acceptors (Lipinski definition) is 4. The summed E-state index contributed by atoms with van der Waals surface area (Å²) in [5.74, 6) is 0.570. The Morgan fingerprint density at radius 1 is 1.64 bits per heavy atom. The molecule has 3 atom stereocenters. The molecule has 0 aromatic carbocycles. The van der Waals surface area contributed by atoms with Crippen LogP contribution in [-0.2, 0) is 0 Å². The molecule has 0 spiro atoms. The molecule has 0 amide bonds. The number of nitrogens with one attached hydrogen (secondary N) is 1. The Hall–Kier alpha value is -0.160. The van der Waals surface area contributed by atoms with E-state index in [2.05, 4.69) is 17.3 Å². The van der Waals surface area contributed by atoms with Crippen LogP contribution in [0.2, 0.25) is 0 Å². The second-order valence-electron chi connectivity index (χ2n) is 4.33. The molecule has 0 aliphatic carbocycles. The molecule has 1 saturated heterocycles. The van der Waals surface area contributed by atoms with Gasteiger partial charge in [0.1, 0.15) is 0 Å². The van der Waals surface area contributed by atoms with Crippen LogP contribution < -0.4 is 11.1 Å². The van der Waals surface area contributed by atoms with Gasteiger partial charge in [0, 0.05) is 18.6 Å². The second kappa shape index (κ2) is 5.66. The second-order valence-corrected chi connectivity index (χ2v) is 4.33. The number of hydrogen-bond donors (Lipinski definition) is 3. The molecule has 3 unspecified atom stereocenters. The Kier molecular flexibility index (Phi) is 4.81. The Bertz CT molecular complexity index is 165. The minimum Gasteiger partial charge on any atom is -0.395 e. The molecular weight excluding hydrogens is 178 g/mol. The van der Waals surface area contributed by atoms with Gasteiger partial charge in [-0.3, -0.25) is 0 Å². The third-order valence-electron chi connectivity index (χ3n) is 3.17. The molecule has 0 aromatic heterocycles.